The van der Waals surface area contributed by atoms with Gasteiger partial charge in [0.2, 0.25) is 5.91 Å². The molecule has 1 spiro atoms. The number of anilines is 1. The molecule has 8 nitrogen and oxygen atoms in total. The average Bonchev–Trinajstić information content (AvgIpc) is 3.55. The van der Waals surface area contributed by atoms with Crippen LogP contribution < -0.4 is 4.90 Å². The van der Waals surface area contributed by atoms with Crippen molar-refractivity contribution in [2.75, 3.05) is 31.2 Å². The highest BCUT2D eigenvalue weighted by Crippen LogP contribution is 2.64. The first-order valence-electron chi connectivity index (χ1n) is 14.4. The number of nitrogens with zero attached hydrogens (tertiary/aromatic N) is 2. The molecule has 218 valence electrons. The maximum absolute atomic E-state index is 14.5. The Bertz CT molecular complexity index is 1130. The van der Waals surface area contributed by atoms with E-state index in [0.717, 1.165) is 12.8 Å². The molecule has 0 radical (unpaired) electrons. The Kier molecular flexibility index (Phi) is 9.75. The Morgan fingerprint density at radius 1 is 1.20 bits per heavy atom. The molecule has 3 heterocycles. The summed E-state index contributed by atoms with van der Waals surface area (Å²) in [6, 6.07) is 6.12. The molecule has 3 aliphatic heterocycles. The number of unbranched alkanes of at least 4 members (excludes halogenated alkanes) is 3. The highest BCUT2D eigenvalue weighted by molar-refractivity contribution is 6.34. The smallest absolute Gasteiger partial charge is 0.312 e. The van der Waals surface area contributed by atoms with Gasteiger partial charge >= 0.3 is 5.97 Å². The lowest BCUT2D eigenvalue weighted by Gasteiger charge is -2.37. The average molecular weight is 573 g/mol. The maximum Gasteiger partial charge on any atom is 0.312 e. The molecule has 1 aromatic rings. The van der Waals surface area contributed by atoms with Crippen LogP contribution in [-0.4, -0.2) is 71.3 Å². The summed E-state index contributed by atoms with van der Waals surface area (Å²) in [6.45, 7) is 10.2. The van der Waals surface area contributed by atoms with Gasteiger partial charge in [-0.2, -0.15) is 0 Å². The SMILES string of the molecule is C=CCCCCOC(=O)[C@@H]1[C@H]2C(=O)N(CCCCO)C(C(=O)N(CC=C)c3ccccc3Cl)C23CC[C@@]1(CC)O3. The van der Waals surface area contributed by atoms with Crippen LogP contribution in [0.2, 0.25) is 5.02 Å². The van der Waals surface area contributed by atoms with Crippen molar-refractivity contribution in [2.45, 2.75) is 75.5 Å². The van der Waals surface area contributed by atoms with Gasteiger partial charge in [-0.3, -0.25) is 14.4 Å². The number of allylic oxidation sites excluding steroid dienone is 1. The first-order chi connectivity index (χ1) is 19.3. The standard InChI is InChI=1S/C31H41ClN2O6/c1-4-7-8-13-21-39-29(38)25-24-27(36)34(19-11-12-20-35)26(31(24)17-16-30(25,6-3)40-31)28(37)33(18-5-2)23-15-10-9-14-22(23)32/h4-5,9-10,14-15,24-26,35H,1-2,6-8,11-13,16-21H2,3H3/t24-,25-,26?,30+,31?/m0/s1. The van der Waals surface area contributed by atoms with Crippen LogP contribution in [0.15, 0.2) is 49.6 Å². The van der Waals surface area contributed by atoms with E-state index in [-0.39, 0.29) is 38.1 Å². The molecule has 9 heteroatoms. The predicted molar refractivity (Wildman–Crippen MR) is 154 cm³/mol. The van der Waals surface area contributed by atoms with Crippen molar-refractivity contribution in [2.24, 2.45) is 11.8 Å². The van der Waals surface area contributed by atoms with Crippen molar-refractivity contribution in [1.82, 2.24) is 4.90 Å². The van der Waals surface area contributed by atoms with Gasteiger partial charge in [0.15, 0.2) is 0 Å². The molecule has 3 fully saturated rings. The Labute approximate surface area is 241 Å². The zero-order valence-electron chi connectivity index (χ0n) is 23.4. The fourth-order valence-electron chi connectivity index (χ4n) is 6.90. The number of ether oxygens (including phenoxy) is 2. The number of halogens is 1. The third-order valence-corrected chi connectivity index (χ3v) is 9.06. The fraction of sp³-hybridized carbons (Fsp3) is 0.581. The molecule has 0 aromatic heterocycles. The second kappa shape index (κ2) is 12.9. The van der Waals surface area contributed by atoms with Crippen LogP contribution in [0.1, 0.15) is 58.3 Å². The minimum absolute atomic E-state index is 0.0202. The number of hydrogen-bond acceptors (Lipinski definition) is 6. The number of likely N-dealkylation sites (tertiary alicyclic amines) is 1. The van der Waals surface area contributed by atoms with Crippen molar-refractivity contribution < 1.29 is 29.0 Å². The van der Waals surface area contributed by atoms with E-state index in [1.54, 1.807) is 40.1 Å². The highest BCUT2D eigenvalue weighted by atomic mass is 35.5. The van der Waals surface area contributed by atoms with Crippen LogP contribution in [0.4, 0.5) is 5.69 Å². The number of hydrogen-bond donors (Lipinski definition) is 1. The Hall–Kier alpha value is -2.68. The molecular weight excluding hydrogens is 532 g/mol. The van der Waals surface area contributed by atoms with Gasteiger partial charge in [0.25, 0.3) is 5.91 Å². The van der Waals surface area contributed by atoms with Gasteiger partial charge < -0.3 is 24.4 Å². The summed E-state index contributed by atoms with van der Waals surface area (Å²) in [5.41, 5.74) is -1.50. The summed E-state index contributed by atoms with van der Waals surface area (Å²) in [7, 11) is 0. The van der Waals surface area contributed by atoms with Crippen LogP contribution >= 0.6 is 11.6 Å². The highest BCUT2D eigenvalue weighted by Gasteiger charge is 2.79. The third kappa shape index (κ3) is 5.21. The molecule has 4 rings (SSSR count). The molecule has 3 saturated heterocycles. The van der Waals surface area contributed by atoms with Crippen molar-refractivity contribution in [1.29, 1.82) is 0 Å². The van der Waals surface area contributed by atoms with E-state index in [0.29, 0.717) is 49.2 Å². The molecule has 1 aromatic carbocycles. The lowest BCUT2D eigenvalue weighted by molar-refractivity contribution is -0.161. The largest absolute Gasteiger partial charge is 0.465 e. The van der Waals surface area contributed by atoms with Gasteiger partial charge in [-0.25, -0.2) is 0 Å². The van der Waals surface area contributed by atoms with Crippen molar-refractivity contribution in [3.63, 3.8) is 0 Å². The van der Waals surface area contributed by atoms with E-state index in [1.165, 1.54) is 0 Å². The summed E-state index contributed by atoms with van der Waals surface area (Å²) < 4.78 is 12.5. The summed E-state index contributed by atoms with van der Waals surface area (Å²) >= 11 is 6.52. The minimum Gasteiger partial charge on any atom is -0.465 e. The maximum atomic E-state index is 14.5. The van der Waals surface area contributed by atoms with Crippen LogP contribution in [-0.2, 0) is 23.9 Å². The summed E-state index contributed by atoms with van der Waals surface area (Å²) in [5.74, 6) is -2.63. The van der Waals surface area contributed by atoms with Gasteiger partial charge in [0, 0.05) is 19.7 Å². The number of fused-ring (bicyclic) bond motifs is 1. The van der Waals surface area contributed by atoms with Gasteiger partial charge in [0.1, 0.15) is 17.6 Å². The number of carbonyl (C=O) groups excluding carboxylic acids is 3. The lowest BCUT2D eigenvalue weighted by atomic mass is 9.65. The van der Waals surface area contributed by atoms with Crippen molar-refractivity contribution in [3.8, 4) is 0 Å². The molecular formula is C31H41ClN2O6. The molecule has 0 saturated carbocycles. The number of para-hydroxylation sites is 1. The van der Waals surface area contributed by atoms with Crippen LogP contribution in [0.25, 0.3) is 0 Å². The molecule has 2 bridgehead atoms. The Morgan fingerprint density at radius 2 is 1.98 bits per heavy atom. The molecule has 40 heavy (non-hydrogen) atoms. The second-order valence-electron chi connectivity index (χ2n) is 10.9. The molecule has 2 amide bonds. The van der Waals surface area contributed by atoms with E-state index < -0.39 is 35.0 Å². The summed E-state index contributed by atoms with van der Waals surface area (Å²) in [5, 5.41) is 9.81. The van der Waals surface area contributed by atoms with E-state index in [1.807, 2.05) is 13.0 Å². The molecule has 5 atom stereocenters. The number of benzene rings is 1. The number of amides is 2. The number of aliphatic hydroxyl groups excluding tert-OH is 1. The lowest BCUT2D eigenvalue weighted by Crippen LogP contribution is -2.56. The van der Waals surface area contributed by atoms with Crippen LogP contribution in [0.5, 0.6) is 0 Å². The monoisotopic (exact) mass is 572 g/mol. The molecule has 1 N–H and O–H groups in total. The topological polar surface area (TPSA) is 96.4 Å². The van der Waals surface area contributed by atoms with E-state index in [4.69, 9.17) is 21.1 Å². The van der Waals surface area contributed by atoms with Gasteiger partial charge in [-0.15, -0.1) is 13.2 Å². The molecule has 2 unspecified atom stereocenters. The minimum atomic E-state index is -1.16. The normalized spacial score (nSPS) is 28.4. The summed E-state index contributed by atoms with van der Waals surface area (Å²) in [6.07, 6.45) is 8.43. The van der Waals surface area contributed by atoms with Crippen LogP contribution in [0.3, 0.4) is 0 Å². The Morgan fingerprint density at radius 3 is 2.65 bits per heavy atom. The third-order valence-electron chi connectivity index (χ3n) is 8.74. The van der Waals surface area contributed by atoms with E-state index >= 15 is 0 Å². The zero-order chi connectivity index (χ0) is 28.9. The number of rotatable bonds is 15. The van der Waals surface area contributed by atoms with Crippen LogP contribution in [0, 0.1) is 11.8 Å². The summed E-state index contributed by atoms with van der Waals surface area (Å²) in [4.78, 5) is 45.4. The van der Waals surface area contributed by atoms with Gasteiger partial charge in [-0.05, 0) is 63.5 Å². The number of carbonyl (C=O) groups is 3. The Balaban J connectivity index is 1.72. The number of esters is 1. The van der Waals surface area contributed by atoms with E-state index in [2.05, 4.69) is 13.2 Å². The molecule has 0 aliphatic carbocycles. The predicted octanol–water partition coefficient (Wildman–Crippen LogP) is 4.69. The first-order valence-corrected chi connectivity index (χ1v) is 14.8. The van der Waals surface area contributed by atoms with E-state index in [9.17, 15) is 19.5 Å². The van der Waals surface area contributed by atoms with Gasteiger partial charge in [0.05, 0.1) is 28.8 Å². The number of aliphatic hydroxyl groups is 1. The van der Waals surface area contributed by atoms with Crippen molar-refractivity contribution in [3.05, 3.63) is 54.6 Å². The van der Waals surface area contributed by atoms with Gasteiger partial charge in [-0.1, -0.05) is 42.8 Å². The fourth-order valence-corrected chi connectivity index (χ4v) is 7.14. The quantitative estimate of drug-likeness (QED) is 0.186. The second-order valence-corrected chi connectivity index (χ2v) is 11.3. The van der Waals surface area contributed by atoms with Crippen molar-refractivity contribution >= 4 is 35.1 Å². The zero-order valence-corrected chi connectivity index (χ0v) is 24.1. The first kappa shape index (κ1) is 30.3. The molecule has 3 aliphatic rings.